The SMILES string of the molecule is COc1ccc([C@H]2CC(=O)C3=C(C2)Nc2onc(C)c2[C@@H]3c2cccs2)cc1. The van der Waals surface area contributed by atoms with E-state index in [2.05, 4.69) is 16.5 Å². The third kappa shape index (κ3) is 2.67. The summed E-state index contributed by atoms with van der Waals surface area (Å²) in [5.41, 5.74) is 4.79. The molecule has 0 amide bonds. The number of benzene rings is 1. The number of aryl methyl sites for hydroxylation is 1. The van der Waals surface area contributed by atoms with Gasteiger partial charge in [0.2, 0.25) is 5.88 Å². The molecule has 0 bridgehead atoms. The van der Waals surface area contributed by atoms with Crippen molar-refractivity contribution in [1.82, 2.24) is 5.16 Å². The Morgan fingerprint density at radius 3 is 2.75 bits per heavy atom. The van der Waals surface area contributed by atoms with E-state index in [0.717, 1.165) is 45.1 Å². The molecule has 0 saturated carbocycles. The first kappa shape index (κ1) is 17.3. The van der Waals surface area contributed by atoms with Crippen LogP contribution >= 0.6 is 11.3 Å². The molecular weight excluding hydrogens is 372 g/mol. The Morgan fingerprint density at radius 2 is 2.04 bits per heavy atom. The van der Waals surface area contributed by atoms with Gasteiger partial charge in [0.1, 0.15) is 5.75 Å². The maximum absolute atomic E-state index is 13.3. The largest absolute Gasteiger partial charge is 0.497 e. The van der Waals surface area contributed by atoms with E-state index < -0.39 is 0 Å². The Hall–Kier alpha value is -2.86. The average molecular weight is 392 g/mol. The van der Waals surface area contributed by atoms with Gasteiger partial charge in [-0.2, -0.15) is 0 Å². The summed E-state index contributed by atoms with van der Waals surface area (Å²) in [5.74, 6) is 1.72. The summed E-state index contributed by atoms with van der Waals surface area (Å²) in [6.45, 7) is 1.93. The molecule has 5 nitrogen and oxygen atoms in total. The number of hydrogen-bond donors (Lipinski definition) is 1. The second kappa shape index (κ2) is 6.63. The van der Waals surface area contributed by atoms with E-state index in [0.29, 0.717) is 12.3 Å². The van der Waals surface area contributed by atoms with E-state index in [1.807, 2.05) is 42.6 Å². The van der Waals surface area contributed by atoms with Gasteiger partial charge in [0.15, 0.2) is 5.78 Å². The lowest BCUT2D eigenvalue weighted by molar-refractivity contribution is -0.116. The summed E-state index contributed by atoms with van der Waals surface area (Å²) >= 11 is 1.67. The first-order valence-corrected chi connectivity index (χ1v) is 10.2. The Labute approximate surface area is 167 Å². The molecule has 0 spiro atoms. The Morgan fingerprint density at radius 1 is 1.21 bits per heavy atom. The lowest BCUT2D eigenvalue weighted by atomic mass is 9.74. The molecule has 5 rings (SSSR count). The molecule has 2 aliphatic rings. The fraction of sp³-hybridized carbons (Fsp3) is 0.273. The van der Waals surface area contributed by atoms with Crippen molar-refractivity contribution in [1.29, 1.82) is 0 Å². The van der Waals surface area contributed by atoms with Gasteiger partial charge >= 0.3 is 0 Å². The summed E-state index contributed by atoms with van der Waals surface area (Å²) in [5, 5.41) is 9.58. The van der Waals surface area contributed by atoms with E-state index >= 15 is 0 Å². The number of fused-ring (bicyclic) bond motifs is 1. The third-order valence-electron chi connectivity index (χ3n) is 5.67. The van der Waals surface area contributed by atoms with Crippen LogP contribution in [0.2, 0.25) is 0 Å². The molecule has 2 atom stereocenters. The zero-order valence-electron chi connectivity index (χ0n) is 15.7. The van der Waals surface area contributed by atoms with Crippen LogP contribution in [0.15, 0.2) is 57.6 Å². The predicted molar refractivity (Wildman–Crippen MR) is 108 cm³/mol. The quantitative estimate of drug-likeness (QED) is 0.679. The minimum Gasteiger partial charge on any atom is -0.497 e. The summed E-state index contributed by atoms with van der Waals surface area (Å²) in [6, 6.07) is 12.1. The molecule has 0 fully saturated rings. The van der Waals surface area contributed by atoms with Gasteiger partial charge in [0.25, 0.3) is 0 Å². The van der Waals surface area contributed by atoms with E-state index in [9.17, 15) is 4.79 Å². The maximum atomic E-state index is 13.3. The minimum absolute atomic E-state index is 0.0955. The molecule has 0 radical (unpaired) electrons. The van der Waals surface area contributed by atoms with Gasteiger partial charge in [0, 0.05) is 22.6 Å². The molecule has 0 unspecified atom stereocenters. The number of allylic oxidation sites excluding steroid dienone is 2. The molecule has 1 N–H and O–H groups in total. The highest BCUT2D eigenvalue weighted by Gasteiger charge is 2.41. The van der Waals surface area contributed by atoms with Crippen molar-refractivity contribution in [3.8, 4) is 5.75 Å². The number of nitrogens with one attached hydrogen (secondary N) is 1. The smallest absolute Gasteiger partial charge is 0.233 e. The van der Waals surface area contributed by atoms with Gasteiger partial charge in [0.05, 0.1) is 24.3 Å². The second-order valence-corrected chi connectivity index (χ2v) is 8.26. The number of nitrogens with zero attached hydrogens (tertiary/aromatic N) is 1. The minimum atomic E-state index is -0.0955. The lowest BCUT2D eigenvalue weighted by Gasteiger charge is -2.34. The molecule has 6 heteroatoms. The first-order chi connectivity index (χ1) is 13.7. The van der Waals surface area contributed by atoms with Crippen LogP contribution in [0.25, 0.3) is 0 Å². The number of carbonyl (C=O) groups is 1. The van der Waals surface area contributed by atoms with E-state index in [1.165, 1.54) is 0 Å². The van der Waals surface area contributed by atoms with Crippen LogP contribution in [0, 0.1) is 6.92 Å². The van der Waals surface area contributed by atoms with Gasteiger partial charge < -0.3 is 14.6 Å². The Kier molecular flexibility index (Phi) is 4.09. The third-order valence-corrected chi connectivity index (χ3v) is 6.61. The number of ketones is 1. The van der Waals surface area contributed by atoms with Crippen LogP contribution in [0.1, 0.15) is 46.4 Å². The average Bonchev–Trinajstić information content (AvgIpc) is 3.37. The van der Waals surface area contributed by atoms with Gasteiger partial charge in [-0.15, -0.1) is 11.3 Å². The normalized spacial score (nSPS) is 21.1. The standard InChI is InChI=1S/C22H20N2O3S/c1-12-19-21(18-4-3-9-28-18)20-16(23-22(19)27-24-12)10-14(11-17(20)25)13-5-7-15(26-2)8-6-13/h3-9,14,21,23H,10-11H2,1-2H3/t14-,21+/m1/s1. The summed E-state index contributed by atoms with van der Waals surface area (Å²) in [4.78, 5) is 14.5. The fourth-order valence-corrected chi connectivity index (χ4v) is 5.17. The molecule has 142 valence electrons. The number of methoxy groups -OCH3 is 1. The number of ether oxygens (including phenoxy) is 1. The van der Waals surface area contributed by atoms with Crippen molar-refractivity contribution < 1.29 is 14.1 Å². The number of hydrogen-bond acceptors (Lipinski definition) is 6. The lowest BCUT2D eigenvalue weighted by Crippen LogP contribution is -2.29. The molecule has 2 aromatic heterocycles. The van der Waals surface area contributed by atoms with Gasteiger partial charge in [-0.05, 0) is 48.4 Å². The second-order valence-electron chi connectivity index (χ2n) is 7.28. The zero-order chi connectivity index (χ0) is 19.3. The Bertz CT molecular complexity index is 1060. The zero-order valence-corrected chi connectivity index (χ0v) is 16.5. The van der Waals surface area contributed by atoms with Crippen LogP contribution < -0.4 is 10.1 Å². The van der Waals surface area contributed by atoms with E-state index in [1.54, 1.807) is 18.4 Å². The molecule has 1 aliphatic carbocycles. The number of aromatic nitrogens is 1. The van der Waals surface area contributed by atoms with Crippen LogP contribution in [0.5, 0.6) is 5.75 Å². The molecule has 3 aromatic rings. The fourth-order valence-electron chi connectivity index (χ4n) is 4.32. The van der Waals surface area contributed by atoms with Crippen molar-refractivity contribution in [2.75, 3.05) is 12.4 Å². The number of Topliss-reactive ketones (excluding diaryl/α,β-unsaturated/α-hetero) is 1. The summed E-state index contributed by atoms with van der Waals surface area (Å²) < 4.78 is 10.8. The monoisotopic (exact) mass is 392 g/mol. The van der Waals surface area contributed by atoms with Crippen molar-refractivity contribution in [2.24, 2.45) is 0 Å². The van der Waals surface area contributed by atoms with Crippen molar-refractivity contribution in [2.45, 2.75) is 31.6 Å². The highest BCUT2D eigenvalue weighted by molar-refractivity contribution is 7.10. The van der Waals surface area contributed by atoms with Crippen molar-refractivity contribution >= 4 is 23.0 Å². The van der Waals surface area contributed by atoms with Crippen molar-refractivity contribution in [3.63, 3.8) is 0 Å². The number of carbonyl (C=O) groups excluding carboxylic acids is 1. The number of thiophene rings is 1. The predicted octanol–water partition coefficient (Wildman–Crippen LogP) is 5.01. The molecule has 1 aromatic carbocycles. The molecule has 1 aliphatic heterocycles. The van der Waals surface area contributed by atoms with Crippen molar-refractivity contribution in [3.05, 3.63) is 74.7 Å². The first-order valence-electron chi connectivity index (χ1n) is 9.32. The number of anilines is 1. The highest BCUT2D eigenvalue weighted by Crippen LogP contribution is 2.49. The Balaban J connectivity index is 1.56. The van der Waals surface area contributed by atoms with E-state index in [4.69, 9.17) is 9.26 Å². The topological polar surface area (TPSA) is 64.4 Å². The van der Waals surface area contributed by atoms with Crippen LogP contribution in [0.4, 0.5) is 5.88 Å². The highest BCUT2D eigenvalue weighted by atomic mass is 32.1. The maximum Gasteiger partial charge on any atom is 0.233 e. The molecule has 0 saturated heterocycles. The molecule has 3 heterocycles. The summed E-state index contributed by atoms with van der Waals surface area (Å²) in [7, 11) is 1.66. The molecular formula is C22H20N2O3S. The summed E-state index contributed by atoms with van der Waals surface area (Å²) in [6.07, 6.45) is 1.28. The molecule has 28 heavy (non-hydrogen) atoms. The van der Waals surface area contributed by atoms with Gasteiger partial charge in [-0.3, -0.25) is 4.79 Å². The van der Waals surface area contributed by atoms with Crippen LogP contribution in [-0.4, -0.2) is 18.0 Å². The van der Waals surface area contributed by atoms with Gasteiger partial charge in [-0.1, -0.05) is 23.4 Å². The van der Waals surface area contributed by atoms with Gasteiger partial charge in [-0.25, -0.2) is 0 Å². The van der Waals surface area contributed by atoms with Crippen LogP contribution in [0.3, 0.4) is 0 Å². The van der Waals surface area contributed by atoms with Crippen LogP contribution in [-0.2, 0) is 4.79 Å². The van der Waals surface area contributed by atoms with E-state index in [-0.39, 0.29) is 17.6 Å². The number of rotatable bonds is 3.